The van der Waals surface area contributed by atoms with Gasteiger partial charge in [0, 0.05) is 5.56 Å². The Kier molecular flexibility index (Phi) is 6.98. The maximum Gasteiger partial charge on any atom is 0.0960 e. The summed E-state index contributed by atoms with van der Waals surface area (Å²) in [6, 6.07) is 1.84. The van der Waals surface area contributed by atoms with Crippen LogP contribution in [0.25, 0.3) is 0 Å². The molecule has 0 radical (unpaired) electrons. The van der Waals surface area contributed by atoms with E-state index in [4.69, 9.17) is 4.42 Å². The predicted octanol–water partition coefficient (Wildman–Crippen LogP) is 4.45. The lowest BCUT2D eigenvalue weighted by Gasteiger charge is -2.07. The molecule has 0 bridgehead atoms. The third-order valence-electron chi connectivity index (χ3n) is 3.01. The van der Waals surface area contributed by atoms with Crippen LogP contribution in [-0.2, 0) is 0 Å². The summed E-state index contributed by atoms with van der Waals surface area (Å²) in [4.78, 5) is 0. The normalized spacial score (nSPS) is 12.9. The number of aliphatic hydroxyl groups excluding tert-OH is 1. The number of hydrogen-bond acceptors (Lipinski definition) is 2. The Morgan fingerprint density at radius 2 is 1.81 bits per heavy atom. The van der Waals surface area contributed by atoms with Crippen LogP contribution in [0, 0.1) is 0 Å². The van der Waals surface area contributed by atoms with E-state index in [1.807, 2.05) is 6.07 Å². The van der Waals surface area contributed by atoms with Crippen molar-refractivity contribution in [3.8, 4) is 0 Å². The van der Waals surface area contributed by atoms with Crippen LogP contribution in [0.1, 0.15) is 70.0 Å². The van der Waals surface area contributed by atoms with E-state index in [1.54, 1.807) is 12.5 Å². The van der Waals surface area contributed by atoms with Gasteiger partial charge in [0.1, 0.15) is 0 Å². The molecule has 1 atom stereocenters. The van der Waals surface area contributed by atoms with Gasteiger partial charge in [-0.15, -0.1) is 0 Å². The second-order valence-electron chi connectivity index (χ2n) is 4.48. The Morgan fingerprint density at radius 1 is 1.12 bits per heavy atom. The molecule has 1 aromatic rings. The predicted molar refractivity (Wildman–Crippen MR) is 66.3 cm³/mol. The summed E-state index contributed by atoms with van der Waals surface area (Å²) in [5.74, 6) is 0. The lowest BCUT2D eigenvalue weighted by atomic mass is 10.0. The topological polar surface area (TPSA) is 33.4 Å². The minimum Gasteiger partial charge on any atom is -0.472 e. The fourth-order valence-electron chi connectivity index (χ4n) is 1.93. The van der Waals surface area contributed by atoms with Crippen LogP contribution < -0.4 is 0 Å². The van der Waals surface area contributed by atoms with Gasteiger partial charge in [-0.2, -0.15) is 0 Å². The van der Waals surface area contributed by atoms with Gasteiger partial charge < -0.3 is 9.52 Å². The summed E-state index contributed by atoms with van der Waals surface area (Å²) >= 11 is 0. The Bertz CT molecular complexity index is 241. The van der Waals surface area contributed by atoms with Crippen LogP contribution >= 0.6 is 0 Å². The molecule has 1 heterocycles. The highest BCUT2D eigenvalue weighted by Gasteiger charge is 2.07. The van der Waals surface area contributed by atoms with Gasteiger partial charge in [0.2, 0.25) is 0 Å². The van der Waals surface area contributed by atoms with Crippen LogP contribution in [-0.4, -0.2) is 5.11 Å². The molecule has 0 fully saturated rings. The SMILES string of the molecule is CCCCCCCCCC(O)c1ccoc1. The molecular weight excluding hydrogens is 200 g/mol. The molecule has 1 rings (SSSR count). The molecule has 2 nitrogen and oxygen atoms in total. The van der Waals surface area contributed by atoms with E-state index in [0.717, 1.165) is 18.4 Å². The van der Waals surface area contributed by atoms with E-state index in [1.165, 1.54) is 38.5 Å². The summed E-state index contributed by atoms with van der Waals surface area (Å²) in [5.41, 5.74) is 0.908. The standard InChI is InChI=1S/C14H24O2/c1-2-3-4-5-6-7-8-9-14(15)13-10-11-16-12-13/h10-12,14-15H,2-9H2,1H3. The largest absolute Gasteiger partial charge is 0.472 e. The molecule has 0 amide bonds. The molecule has 0 aliphatic heterocycles. The Hall–Kier alpha value is -0.760. The van der Waals surface area contributed by atoms with Gasteiger partial charge in [0.15, 0.2) is 0 Å². The zero-order valence-corrected chi connectivity index (χ0v) is 10.3. The average Bonchev–Trinajstić information content (AvgIpc) is 2.81. The number of rotatable bonds is 9. The highest BCUT2D eigenvalue weighted by Crippen LogP contribution is 2.20. The molecule has 0 spiro atoms. The lowest BCUT2D eigenvalue weighted by Crippen LogP contribution is -1.95. The zero-order valence-electron chi connectivity index (χ0n) is 10.3. The van der Waals surface area contributed by atoms with E-state index in [0.29, 0.717) is 0 Å². The number of hydrogen-bond donors (Lipinski definition) is 1. The summed E-state index contributed by atoms with van der Waals surface area (Å²) < 4.78 is 4.95. The van der Waals surface area contributed by atoms with Crippen LogP contribution in [0.4, 0.5) is 0 Å². The van der Waals surface area contributed by atoms with Crippen molar-refractivity contribution in [3.05, 3.63) is 24.2 Å². The minimum absolute atomic E-state index is 0.339. The molecule has 1 unspecified atom stereocenters. The number of furan rings is 1. The van der Waals surface area contributed by atoms with Crippen molar-refractivity contribution in [2.75, 3.05) is 0 Å². The van der Waals surface area contributed by atoms with Crippen LogP contribution in [0.3, 0.4) is 0 Å². The highest BCUT2D eigenvalue weighted by atomic mass is 16.3. The van der Waals surface area contributed by atoms with Crippen molar-refractivity contribution in [1.82, 2.24) is 0 Å². The second-order valence-corrected chi connectivity index (χ2v) is 4.48. The molecular formula is C14H24O2. The first-order chi connectivity index (χ1) is 7.84. The third-order valence-corrected chi connectivity index (χ3v) is 3.01. The average molecular weight is 224 g/mol. The van der Waals surface area contributed by atoms with Crippen molar-refractivity contribution < 1.29 is 9.52 Å². The first-order valence-electron chi connectivity index (χ1n) is 6.54. The Balaban J connectivity index is 1.95. The van der Waals surface area contributed by atoms with Crippen LogP contribution in [0.2, 0.25) is 0 Å². The van der Waals surface area contributed by atoms with Gasteiger partial charge in [0.05, 0.1) is 18.6 Å². The highest BCUT2D eigenvalue weighted by molar-refractivity contribution is 5.08. The van der Waals surface area contributed by atoms with Gasteiger partial charge in [0.25, 0.3) is 0 Å². The number of unbranched alkanes of at least 4 members (excludes halogenated alkanes) is 6. The van der Waals surface area contributed by atoms with E-state index in [9.17, 15) is 5.11 Å². The Labute approximate surface area is 98.7 Å². The number of aliphatic hydroxyl groups is 1. The fraction of sp³-hybridized carbons (Fsp3) is 0.714. The molecule has 0 aliphatic rings. The third kappa shape index (κ3) is 5.36. The van der Waals surface area contributed by atoms with Crippen molar-refractivity contribution >= 4 is 0 Å². The first-order valence-corrected chi connectivity index (χ1v) is 6.54. The summed E-state index contributed by atoms with van der Waals surface area (Å²) in [6.45, 7) is 2.24. The molecule has 0 saturated heterocycles. The van der Waals surface area contributed by atoms with Crippen molar-refractivity contribution in [2.45, 2.75) is 64.4 Å². The van der Waals surface area contributed by atoms with Crippen LogP contribution in [0.15, 0.2) is 23.0 Å². The van der Waals surface area contributed by atoms with E-state index >= 15 is 0 Å². The monoisotopic (exact) mass is 224 g/mol. The van der Waals surface area contributed by atoms with E-state index < -0.39 is 0 Å². The fourth-order valence-corrected chi connectivity index (χ4v) is 1.93. The van der Waals surface area contributed by atoms with Crippen molar-refractivity contribution in [2.24, 2.45) is 0 Å². The quantitative estimate of drug-likeness (QED) is 0.628. The summed E-state index contributed by atoms with van der Waals surface area (Å²) in [5, 5.41) is 9.79. The van der Waals surface area contributed by atoms with Crippen molar-refractivity contribution in [3.63, 3.8) is 0 Å². The van der Waals surface area contributed by atoms with Gasteiger partial charge in [-0.3, -0.25) is 0 Å². The molecule has 0 aromatic carbocycles. The zero-order chi connectivity index (χ0) is 11.6. The summed E-state index contributed by atoms with van der Waals surface area (Å²) in [7, 11) is 0. The lowest BCUT2D eigenvalue weighted by molar-refractivity contribution is 0.162. The second kappa shape index (κ2) is 8.40. The molecule has 1 aromatic heterocycles. The molecule has 0 saturated carbocycles. The van der Waals surface area contributed by atoms with Crippen molar-refractivity contribution in [1.29, 1.82) is 0 Å². The van der Waals surface area contributed by atoms with Gasteiger partial charge in [-0.25, -0.2) is 0 Å². The maximum absolute atomic E-state index is 9.79. The summed E-state index contributed by atoms with van der Waals surface area (Å²) in [6.07, 6.45) is 12.8. The Morgan fingerprint density at radius 3 is 2.44 bits per heavy atom. The molecule has 0 aliphatic carbocycles. The van der Waals surface area contributed by atoms with E-state index in [-0.39, 0.29) is 6.10 Å². The molecule has 1 N–H and O–H groups in total. The van der Waals surface area contributed by atoms with E-state index in [2.05, 4.69) is 6.92 Å². The maximum atomic E-state index is 9.79. The van der Waals surface area contributed by atoms with Gasteiger partial charge >= 0.3 is 0 Å². The smallest absolute Gasteiger partial charge is 0.0960 e. The van der Waals surface area contributed by atoms with Gasteiger partial charge in [-0.1, -0.05) is 51.9 Å². The molecule has 16 heavy (non-hydrogen) atoms. The van der Waals surface area contributed by atoms with Gasteiger partial charge in [-0.05, 0) is 12.5 Å². The van der Waals surface area contributed by atoms with Crippen LogP contribution in [0.5, 0.6) is 0 Å². The minimum atomic E-state index is -0.339. The molecule has 92 valence electrons. The first kappa shape index (κ1) is 13.3. The molecule has 2 heteroatoms.